The molecule has 0 radical (unpaired) electrons. The zero-order chi connectivity index (χ0) is 20.5. The Kier molecular flexibility index (Phi) is 4.49. The molecule has 8 heteroatoms. The molecule has 0 aliphatic rings. The average molecular weight is 417 g/mol. The van der Waals surface area contributed by atoms with Crippen molar-refractivity contribution in [3.8, 4) is 22.7 Å². The molecule has 4 heterocycles. The molecule has 0 unspecified atom stereocenters. The molecule has 7 nitrogen and oxygen atoms in total. The van der Waals surface area contributed by atoms with Gasteiger partial charge in [-0.1, -0.05) is 47.1 Å². The van der Waals surface area contributed by atoms with E-state index in [1.165, 1.54) is 12.5 Å². The summed E-state index contributed by atoms with van der Waals surface area (Å²) < 4.78 is 10.9. The number of nitrogens with one attached hydrogen (secondary N) is 1. The molecule has 0 aliphatic carbocycles. The highest BCUT2D eigenvalue weighted by molar-refractivity contribution is 6.30. The third kappa shape index (κ3) is 3.31. The second-order valence-corrected chi connectivity index (χ2v) is 6.86. The highest BCUT2D eigenvalue weighted by Gasteiger charge is 2.23. The molecule has 0 spiro atoms. The van der Waals surface area contributed by atoms with E-state index in [0.29, 0.717) is 38.9 Å². The number of carbonyl (C=O) groups excluding carboxylic acids is 1. The van der Waals surface area contributed by atoms with Gasteiger partial charge in [0, 0.05) is 11.8 Å². The van der Waals surface area contributed by atoms with Gasteiger partial charge >= 0.3 is 0 Å². The summed E-state index contributed by atoms with van der Waals surface area (Å²) in [6.45, 7) is 0. The molecule has 1 aromatic carbocycles. The van der Waals surface area contributed by atoms with Crippen molar-refractivity contribution < 1.29 is 13.7 Å². The van der Waals surface area contributed by atoms with E-state index in [1.54, 1.807) is 30.3 Å². The lowest BCUT2D eigenvalue weighted by Gasteiger charge is -2.08. The number of hydrogen-bond acceptors (Lipinski definition) is 6. The third-order valence-electron chi connectivity index (χ3n) is 4.48. The zero-order valence-electron chi connectivity index (χ0n) is 15.4. The van der Waals surface area contributed by atoms with Crippen LogP contribution in [0.15, 0.2) is 82.1 Å². The SMILES string of the molecule is O=C(Nc1ccc(Cl)cn1)c1cc(-c2ccco2)nc2onc(-c3ccccc3)c12. The molecular weight excluding hydrogens is 404 g/mol. The Balaban J connectivity index is 1.67. The number of furan rings is 1. The van der Waals surface area contributed by atoms with E-state index in [0.717, 1.165) is 5.56 Å². The molecule has 0 bridgehead atoms. The smallest absolute Gasteiger partial charge is 0.259 e. The molecule has 0 saturated heterocycles. The van der Waals surface area contributed by atoms with Crippen molar-refractivity contribution in [3.63, 3.8) is 0 Å². The zero-order valence-corrected chi connectivity index (χ0v) is 16.1. The fourth-order valence-electron chi connectivity index (χ4n) is 3.11. The number of pyridine rings is 2. The summed E-state index contributed by atoms with van der Waals surface area (Å²) in [6, 6.07) is 17.9. The monoisotopic (exact) mass is 416 g/mol. The summed E-state index contributed by atoms with van der Waals surface area (Å²) >= 11 is 5.88. The maximum atomic E-state index is 13.2. The predicted molar refractivity (Wildman–Crippen MR) is 112 cm³/mol. The fraction of sp³-hybridized carbons (Fsp3) is 0. The van der Waals surface area contributed by atoms with Crippen LogP contribution in [-0.2, 0) is 0 Å². The third-order valence-corrected chi connectivity index (χ3v) is 4.70. The number of rotatable bonds is 4. The van der Waals surface area contributed by atoms with Crippen molar-refractivity contribution >= 4 is 34.4 Å². The molecule has 0 saturated carbocycles. The summed E-state index contributed by atoms with van der Waals surface area (Å²) in [6.07, 6.45) is 3.00. The molecule has 0 atom stereocenters. The van der Waals surface area contributed by atoms with Crippen LogP contribution in [0.4, 0.5) is 5.82 Å². The number of hydrogen-bond donors (Lipinski definition) is 1. The Morgan fingerprint density at radius 1 is 1.03 bits per heavy atom. The quantitative estimate of drug-likeness (QED) is 0.418. The molecule has 5 rings (SSSR count). The molecule has 4 aromatic heterocycles. The van der Waals surface area contributed by atoms with E-state index in [1.807, 2.05) is 30.3 Å². The van der Waals surface area contributed by atoms with Gasteiger partial charge in [0.05, 0.1) is 22.2 Å². The van der Waals surface area contributed by atoms with E-state index in [2.05, 4.69) is 20.4 Å². The number of nitrogens with zero attached hydrogens (tertiary/aromatic N) is 3. The minimum Gasteiger partial charge on any atom is -0.463 e. The second kappa shape index (κ2) is 7.46. The van der Waals surface area contributed by atoms with Crippen molar-refractivity contribution in [3.05, 3.63) is 83.7 Å². The topological polar surface area (TPSA) is 94.1 Å². The first-order valence-corrected chi connectivity index (χ1v) is 9.39. The lowest BCUT2D eigenvalue weighted by Crippen LogP contribution is -2.14. The lowest BCUT2D eigenvalue weighted by molar-refractivity contribution is 0.102. The minimum atomic E-state index is -0.384. The Bertz CT molecular complexity index is 1330. The van der Waals surface area contributed by atoms with Gasteiger partial charge in [0.25, 0.3) is 11.6 Å². The van der Waals surface area contributed by atoms with Crippen molar-refractivity contribution in [2.75, 3.05) is 5.32 Å². The van der Waals surface area contributed by atoms with Crippen molar-refractivity contribution in [1.82, 2.24) is 15.1 Å². The molecule has 1 amide bonds. The van der Waals surface area contributed by atoms with Crippen molar-refractivity contribution in [2.24, 2.45) is 0 Å². The molecule has 0 fully saturated rings. The first-order valence-electron chi connectivity index (χ1n) is 9.01. The summed E-state index contributed by atoms with van der Waals surface area (Å²) in [7, 11) is 0. The van der Waals surface area contributed by atoms with Gasteiger partial charge < -0.3 is 14.3 Å². The first-order chi connectivity index (χ1) is 14.7. The number of carbonyl (C=O) groups is 1. The number of fused-ring (bicyclic) bond motifs is 1. The Morgan fingerprint density at radius 2 is 1.90 bits per heavy atom. The van der Waals surface area contributed by atoms with Gasteiger partial charge in [-0.05, 0) is 30.3 Å². The van der Waals surface area contributed by atoms with Crippen molar-refractivity contribution in [1.29, 1.82) is 0 Å². The number of anilines is 1. The molecule has 146 valence electrons. The number of aromatic nitrogens is 3. The molecule has 1 N–H and O–H groups in total. The standard InChI is InChI=1S/C22H13ClN4O3/c23-14-8-9-18(24-12-14)26-21(28)15-11-16(17-7-4-10-29-17)25-22-19(15)20(27-30-22)13-5-2-1-3-6-13/h1-12H,(H,24,26,28). The fourth-order valence-corrected chi connectivity index (χ4v) is 3.22. The summed E-state index contributed by atoms with van der Waals surface area (Å²) in [5.74, 6) is 0.491. The van der Waals surface area contributed by atoms with E-state index in [4.69, 9.17) is 20.5 Å². The van der Waals surface area contributed by atoms with Gasteiger partial charge in [-0.2, -0.15) is 0 Å². The van der Waals surface area contributed by atoms with Crippen LogP contribution in [0.25, 0.3) is 33.8 Å². The molecule has 30 heavy (non-hydrogen) atoms. The normalized spacial score (nSPS) is 11.0. The largest absolute Gasteiger partial charge is 0.463 e. The van der Waals surface area contributed by atoms with Gasteiger partial charge in [-0.15, -0.1) is 0 Å². The van der Waals surface area contributed by atoms with E-state index in [-0.39, 0.29) is 11.6 Å². The lowest BCUT2D eigenvalue weighted by atomic mass is 10.0. The van der Waals surface area contributed by atoms with Gasteiger partial charge in [-0.3, -0.25) is 4.79 Å². The molecular formula is C22H13ClN4O3. The predicted octanol–water partition coefficient (Wildman–Crippen LogP) is 5.45. The molecule has 0 aliphatic heterocycles. The van der Waals surface area contributed by atoms with Crippen LogP contribution in [0.1, 0.15) is 10.4 Å². The second-order valence-electron chi connectivity index (χ2n) is 6.43. The van der Waals surface area contributed by atoms with Crippen LogP contribution in [0.2, 0.25) is 5.02 Å². The Morgan fingerprint density at radius 3 is 2.63 bits per heavy atom. The van der Waals surface area contributed by atoms with Crippen LogP contribution in [0.3, 0.4) is 0 Å². The van der Waals surface area contributed by atoms with Gasteiger partial charge in [0.1, 0.15) is 17.2 Å². The van der Waals surface area contributed by atoms with Crippen LogP contribution < -0.4 is 5.32 Å². The maximum Gasteiger partial charge on any atom is 0.259 e. The van der Waals surface area contributed by atoms with E-state index < -0.39 is 0 Å². The van der Waals surface area contributed by atoms with Gasteiger partial charge in [-0.25, -0.2) is 9.97 Å². The number of halogens is 1. The maximum absolute atomic E-state index is 13.2. The Labute approximate surface area is 175 Å². The number of amides is 1. The van der Waals surface area contributed by atoms with Crippen molar-refractivity contribution in [2.45, 2.75) is 0 Å². The molecule has 5 aromatic rings. The van der Waals surface area contributed by atoms with E-state index >= 15 is 0 Å². The summed E-state index contributed by atoms with van der Waals surface area (Å²) in [4.78, 5) is 21.8. The first kappa shape index (κ1) is 18.1. The van der Waals surface area contributed by atoms with Gasteiger partial charge in [0.15, 0.2) is 5.76 Å². The highest BCUT2D eigenvalue weighted by atomic mass is 35.5. The average Bonchev–Trinajstić information content (AvgIpc) is 3.45. The number of benzene rings is 1. The van der Waals surface area contributed by atoms with Crippen LogP contribution in [0, 0.1) is 0 Å². The summed E-state index contributed by atoms with van der Waals surface area (Å²) in [5, 5.41) is 7.93. The Hall–Kier alpha value is -3.97. The van der Waals surface area contributed by atoms with E-state index in [9.17, 15) is 4.79 Å². The minimum absolute atomic E-state index is 0.233. The highest BCUT2D eigenvalue weighted by Crippen LogP contribution is 2.33. The van der Waals surface area contributed by atoms with Crippen LogP contribution in [-0.4, -0.2) is 21.0 Å². The van der Waals surface area contributed by atoms with Gasteiger partial charge in [0.2, 0.25) is 0 Å². The summed E-state index contributed by atoms with van der Waals surface area (Å²) in [5.41, 5.74) is 2.36. The van der Waals surface area contributed by atoms with Crippen LogP contribution in [0.5, 0.6) is 0 Å². The van der Waals surface area contributed by atoms with Crippen LogP contribution >= 0.6 is 11.6 Å².